The van der Waals surface area contributed by atoms with Crippen molar-refractivity contribution in [3.05, 3.63) is 23.8 Å². The van der Waals surface area contributed by atoms with Crippen LogP contribution in [0.4, 0.5) is 11.4 Å². The Bertz CT molecular complexity index is 455. The minimum atomic E-state index is -0.0106. The number of nitrogens with zero attached hydrogens (tertiary/aromatic N) is 1. The second kappa shape index (κ2) is 7.17. The normalized spacial score (nSPS) is 12.3. The fraction of sp³-hybridized carbons (Fsp3) is 0.562. The Kier molecular flexibility index (Phi) is 5.86. The van der Waals surface area contributed by atoms with Gasteiger partial charge in [0.1, 0.15) is 0 Å². The fourth-order valence-corrected chi connectivity index (χ4v) is 2.03. The molecule has 0 aliphatic carbocycles. The van der Waals surface area contributed by atoms with Gasteiger partial charge in [-0.15, -0.1) is 0 Å². The van der Waals surface area contributed by atoms with Crippen molar-refractivity contribution >= 4 is 17.3 Å². The van der Waals surface area contributed by atoms with Crippen LogP contribution in [0.2, 0.25) is 0 Å². The van der Waals surface area contributed by atoms with Gasteiger partial charge in [-0.1, -0.05) is 13.8 Å². The molecule has 4 heteroatoms. The summed E-state index contributed by atoms with van der Waals surface area (Å²) < 4.78 is 0. The summed E-state index contributed by atoms with van der Waals surface area (Å²) in [7, 11) is 3.51. The highest BCUT2D eigenvalue weighted by atomic mass is 16.2. The molecule has 1 unspecified atom stereocenters. The molecule has 1 aromatic rings. The van der Waals surface area contributed by atoms with Gasteiger partial charge < -0.3 is 16.0 Å². The monoisotopic (exact) mass is 277 g/mol. The molecule has 0 saturated heterocycles. The molecule has 1 amide bonds. The van der Waals surface area contributed by atoms with Crippen LogP contribution in [-0.4, -0.2) is 30.9 Å². The molecule has 0 spiro atoms. The van der Waals surface area contributed by atoms with Gasteiger partial charge in [-0.05, 0) is 43.9 Å². The van der Waals surface area contributed by atoms with E-state index in [1.807, 2.05) is 6.07 Å². The molecule has 0 aromatic heterocycles. The number of hydrogen-bond donors (Lipinski definition) is 2. The Labute approximate surface area is 122 Å². The Balaban J connectivity index is 2.87. The first-order valence-electron chi connectivity index (χ1n) is 7.19. The molecule has 1 atom stereocenters. The molecule has 4 nitrogen and oxygen atoms in total. The maximum atomic E-state index is 12.2. The molecule has 0 radical (unpaired) electrons. The summed E-state index contributed by atoms with van der Waals surface area (Å²) in [5.41, 5.74) is 7.99. The Hall–Kier alpha value is -1.71. The molecule has 0 aliphatic heterocycles. The lowest BCUT2D eigenvalue weighted by Gasteiger charge is -2.20. The number of carbonyl (C=O) groups excluding carboxylic acids is 1. The summed E-state index contributed by atoms with van der Waals surface area (Å²) in [6.45, 7) is 6.57. The molecule has 112 valence electrons. The van der Waals surface area contributed by atoms with Gasteiger partial charge in [0, 0.05) is 31.5 Å². The average Bonchev–Trinajstić information content (AvgIpc) is 2.35. The zero-order valence-corrected chi connectivity index (χ0v) is 13.2. The fourth-order valence-electron chi connectivity index (χ4n) is 2.03. The number of benzene rings is 1. The number of anilines is 2. The van der Waals surface area contributed by atoms with Crippen LogP contribution in [0.5, 0.6) is 0 Å². The molecule has 0 saturated carbocycles. The summed E-state index contributed by atoms with van der Waals surface area (Å²) >= 11 is 0. The zero-order valence-electron chi connectivity index (χ0n) is 13.2. The molecular weight excluding hydrogens is 250 g/mol. The van der Waals surface area contributed by atoms with E-state index in [9.17, 15) is 4.79 Å². The predicted octanol–water partition coefficient (Wildman–Crippen LogP) is 3.21. The lowest BCUT2D eigenvalue weighted by Crippen LogP contribution is -2.25. The first-order chi connectivity index (χ1) is 9.31. The van der Waals surface area contributed by atoms with Crippen LogP contribution in [0.3, 0.4) is 0 Å². The number of nitrogens with one attached hydrogen (secondary N) is 1. The van der Waals surface area contributed by atoms with Gasteiger partial charge in [-0.3, -0.25) is 4.79 Å². The summed E-state index contributed by atoms with van der Waals surface area (Å²) in [6.07, 6.45) is 2.23. The largest absolute Gasteiger partial charge is 0.399 e. The molecule has 0 aliphatic rings. The van der Waals surface area contributed by atoms with E-state index in [0.29, 0.717) is 23.2 Å². The first-order valence-corrected chi connectivity index (χ1v) is 7.19. The van der Waals surface area contributed by atoms with Crippen LogP contribution in [-0.2, 0) is 0 Å². The molecule has 1 aromatic carbocycles. The Morgan fingerprint density at radius 1 is 1.25 bits per heavy atom. The smallest absolute Gasteiger partial charge is 0.255 e. The minimum Gasteiger partial charge on any atom is -0.399 e. The number of carbonyl (C=O) groups is 1. The summed E-state index contributed by atoms with van der Waals surface area (Å²) in [5, 5.41) is 3.41. The Morgan fingerprint density at radius 2 is 1.90 bits per heavy atom. The molecule has 0 heterocycles. The van der Waals surface area contributed by atoms with Crippen LogP contribution >= 0.6 is 0 Å². The van der Waals surface area contributed by atoms with Crippen molar-refractivity contribution in [2.75, 3.05) is 25.1 Å². The highest BCUT2D eigenvalue weighted by Gasteiger charge is 2.15. The van der Waals surface area contributed by atoms with Gasteiger partial charge in [0.05, 0.1) is 5.56 Å². The van der Waals surface area contributed by atoms with E-state index in [-0.39, 0.29) is 5.91 Å². The van der Waals surface area contributed by atoms with Crippen LogP contribution in [0.15, 0.2) is 18.2 Å². The first kappa shape index (κ1) is 16.3. The van der Waals surface area contributed by atoms with E-state index in [2.05, 4.69) is 26.1 Å². The number of amides is 1. The average molecular weight is 277 g/mol. The topological polar surface area (TPSA) is 58.4 Å². The Morgan fingerprint density at radius 3 is 2.45 bits per heavy atom. The summed E-state index contributed by atoms with van der Waals surface area (Å²) in [6, 6.07) is 5.70. The third-order valence-corrected chi connectivity index (χ3v) is 3.26. The minimum absolute atomic E-state index is 0.0106. The molecule has 3 N–H and O–H groups in total. The van der Waals surface area contributed by atoms with Gasteiger partial charge in [0.15, 0.2) is 0 Å². The van der Waals surface area contributed by atoms with Crippen molar-refractivity contribution in [3.63, 3.8) is 0 Å². The lowest BCUT2D eigenvalue weighted by molar-refractivity contribution is 0.0828. The standard InChI is InChI=1S/C16H27N3O/c1-11(2)6-7-12(3)18-15-10-13(17)8-9-14(15)16(20)19(4)5/h8-12,18H,6-7,17H2,1-5H3. The van der Waals surface area contributed by atoms with E-state index in [1.165, 1.54) is 0 Å². The van der Waals surface area contributed by atoms with Gasteiger partial charge >= 0.3 is 0 Å². The van der Waals surface area contributed by atoms with Gasteiger partial charge in [0.2, 0.25) is 0 Å². The van der Waals surface area contributed by atoms with Crippen molar-refractivity contribution in [2.24, 2.45) is 5.92 Å². The van der Waals surface area contributed by atoms with Gasteiger partial charge in [-0.2, -0.15) is 0 Å². The number of nitrogen functional groups attached to an aromatic ring is 1. The predicted molar refractivity (Wildman–Crippen MR) is 86.0 cm³/mol. The van der Waals surface area contributed by atoms with E-state index in [1.54, 1.807) is 31.1 Å². The van der Waals surface area contributed by atoms with Crippen LogP contribution in [0, 0.1) is 5.92 Å². The van der Waals surface area contributed by atoms with Crippen LogP contribution in [0.25, 0.3) is 0 Å². The van der Waals surface area contributed by atoms with Crippen molar-refractivity contribution in [1.82, 2.24) is 4.90 Å². The maximum absolute atomic E-state index is 12.2. The third-order valence-electron chi connectivity index (χ3n) is 3.26. The van der Waals surface area contributed by atoms with Crippen molar-refractivity contribution in [2.45, 2.75) is 39.7 Å². The van der Waals surface area contributed by atoms with E-state index < -0.39 is 0 Å². The van der Waals surface area contributed by atoms with Crippen molar-refractivity contribution < 1.29 is 4.79 Å². The zero-order chi connectivity index (χ0) is 15.3. The highest BCUT2D eigenvalue weighted by Crippen LogP contribution is 2.22. The highest BCUT2D eigenvalue weighted by molar-refractivity contribution is 6.00. The molecule has 20 heavy (non-hydrogen) atoms. The quantitative estimate of drug-likeness (QED) is 0.785. The molecule has 0 bridgehead atoms. The maximum Gasteiger partial charge on any atom is 0.255 e. The molecule has 0 fully saturated rings. The second-order valence-electron chi connectivity index (χ2n) is 6.02. The lowest BCUT2D eigenvalue weighted by atomic mass is 10.0. The number of nitrogens with two attached hydrogens (primary N) is 1. The van der Waals surface area contributed by atoms with Gasteiger partial charge in [0.25, 0.3) is 5.91 Å². The number of rotatable bonds is 6. The second-order valence-corrected chi connectivity index (χ2v) is 6.02. The van der Waals surface area contributed by atoms with Crippen molar-refractivity contribution in [3.8, 4) is 0 Å². The summed E-state index contributed by atoms with van der Waals surface area (Å²) in [4.78, 5) is 13.7. The van der Waals surface area contributed by atoms with E-state index in [4.69, 9.17) is 5.73 Å². The SMILES string of the molecule is CC(C)CCC(C)Nc1cc(N)ccc1C(=O)N(C)C. The van der Waals surface area contributed by atoms with Gasteiger partial charge in [-0.25, -0.2) is 0 Å². The molecular formula is C16H27N3O. The van der Waals surface area contributed by atoms with E-state index >= 15 is 0 Å². The third kappa shape index (κ3) is 4.76. The summed E-state index contributed by atoms with van der Waals surface area (Å²) in [5.74, 6) is 0.673. The van der Waals surface area contributed by atoms with E-state index in [0.717, 1.165) is 18.5 Å². The van der Waals surface area contributed by atoms with Crippen molar-refractivity contribution in [1.29, 1.82) is 0 Å². The van der Waals surface area contributed by atoms with Crippen LogP contribution in [0.1, 0.15) is 44.0 Å². The van der Waals surface area contributed by atoms with Crippen LogP contribution < -0.4 is 11.1 Å². The molecule has 1 rings (SSSR count). The number of hydrogen-bond acceptors (Lipinski definition) is 3.